The Morgan fingerprint density at radius 1 is 1.32 bits per heavy atom. The lowest BCUT2D eigenvalue weighted by Gasteiger charge is -2.11. The summed E-state index contributed by atoms with van der Waals surface area (Å²) in [7, 11) is 0. The largest absolute Gasteiger partial charge is 0.478 e. The molecule has 0 aliphatic heterocycles. The first-order valence-corrected chi connectivity index (χ1v) is 5.99. The molecular weight excluding hydrogens is 266 g/mol. The quantitative estimate of drug-likeness (QED) is 0.926. The van der Waals surface area contributed by atoms with E-state index < -0.39 is 5.97 Å². The fourth-order valence-electron chi connectivity index (χ4n) is 1.67. The van der Waals surface area contributed by atoms with E-state index in [1.54, 1.807) is 0 Å². The van der Waals surface area contributed by atoms with Gasteiger partial charge in [-0.15, -0.1) is 0 Å². The Bertz CT molecular complexity index is 620. The number of pyridine rings is 1. The van der Waals surface area contributed by atoms with E-state index in [2.05, 4.69) is 4.98 Å². The van der Waals surface area contributed by atoms with Crippen LogP contribution in [-0.2, 0) is 0 Å². The second kappa shape index (κ2) is 5.28. The van der Waals surface area contributed by atoms with Gasteiger partial charge in [0.25, 0.3) is 0 Å². The molecule has 19 heavy (non-hydrogen) atoms. The van der Waals surface area contributed by atoms with Crippen molar-refractivity contribution in [1.29, 1.82) is 0 Å². The fraction of sp³-hybridized carbons (Fsp3) is 0.143. The van der Waals surface area contributed by atoms with Gasteiger partial charge in [0, 0.05) is 6.20 Å². The molecule has 0 bridgehead atoms. The first-order valence-electron chi connectivity index (χ1n) is 5.62. The molecule has 0 radical (unpaired) electrons. The number of nitrogens with zero attached hydrogens (tertiary/aromatic N) is 1. The molecule has 2 aromatic rings. The van der Waals surface area contributed by atoms with Gasteiger partial charge in [-0.05, 0) is 31.0 Å². The number of aromatic carboxylic acids is 1. The minimum absolute atomic E-state index is 0.0267. The maximum absolute atomic E-state index is 10.8. The summed E-state index contributed by atoms with van der Waals surface area (Å²) in [5, 5.41) is 9.01. The van der Waals surface area contributed by atoms with Crippen molar-refractivity contribution in [1.82, 2.24) is 4.98 Å². The summed E-state index contributed by atoms with van der Waals surface area (Å²) >= 11 is 5.98. The van der Waals surface area contributed by atoms with Crippen LogP contribution in [0.5, 0.6) is 11.6 Å². The van der Waals surface area contributed by atoms with Crippen LogP contribution >= 0.6 is 11.6 Å². The number of aryl methyl sites for hydroxylation is 2. The van der Waals surface area contributed by atoms with Crippen molar-refractivity contribution in [2.45, 2.75) is 13.8 Å². The van der Waals surface area contributed by atoms with Crippen LogP contribution in [0.15, 0.2) is 30.5 Å². The number of ether oxygens (including phenoxy) is 1. The highest BCUT2D eigenvalue weighted by Crippen LogP contribution is 2.31. The highest BCUT2D eigenvalue weighted by Gasteiger charge is 2.12. The van der Waals surface area contributed by atoms with Crippen molar-refractivity contribution in [3.05, 3.63) is 52.2 Å². The normalized spacial score (nSPS) is 10.3. The molecule has 1 aromatic carbocycles. The van der Waals surface area contributed by atoms with Gasteiger partial charge in [0.2, 0.25) is 5.88 Å². The van der Waals surface area contributed by atoms with E-state index in [0.717, 1.165) is 11.1 Å². The maximum Gasteiger partial charge on any atom is 0.337 e. The van der Waals surface area contributed by atoms with E-state index in [9.17, 15) is 4.79 Å². The zero-order valence-electron chi connectivity index (χ0n) is 10.5. The molecule has 1 heterocycles. The van der Waals surface area contributed by atoms with Crippen LogP contribution in [0.1, 0.15) is 21.5 Å². The molecule has 98 valence electrons. The molecule has 0 saturated heterocycles. The number of benzene rings is 1. The van der Waals surface area contributed by atoms with E-state index in [4.69, 9.17) is 21.4 Å². The van der Waals surface area contributed by atoms with E-state index in [-0.39, 0.29) is 16.5 Å². The zero-order chi connectivity index (χ0) is 14.0. The molecule has 1 N–H and O–H groups in total. The molecule has 0 amide bonds. The Morgan fingerprint density at radius 2 is 1.95 bits per heavy atom. The second-order valence-electron chi connectivity index (χ2n) is 4.14. The van der Waals surface area contributed by atoms with E-state index in [1.807, 2.05) is 32.0 Å². The van der Waals surface area contributed by atoms with Crippen molar-refractivity contribution in [2.75, 3.05) is 0 Å². The third kappa shape index (κ3) is 2.85. The summed E-state index contributed by atoms with van der Waals surface area (Å²) in [5.74, 6) is -0.197. The molecule has 2 rings (SSSR count). The van der Waals surface area contributed by atoms with Crippen molar-refractivity contribution < 1.29 is 14.6 Å². The number of rotatable bonds is 3. The smallest absolute Gasteiger partial charge is 0.337 e. The number of hydrogen-bond acceptors (Lipinski definition) is 3. The minimum Gasteiger partial charge on any atom is -0.478 e. The van der Waals surface area contributed by atoms with Crippen molar-refractivity contribution in [3.63, 3.8) is 0 Å². The van der Waals surface area contributed by atoms with Crippen LogP contribution < -0.4 is 4.74 Å². The lowest BCUT2D eigenvalue weighted by atomic mass is 10.1. The average molecular weight is 278 g/mol. The molecule has 0 saturated carbocycles. The molecule has 1 aromatic heterocycles. The number of carboxylic acids is 1. The molecule has 0 atom stereocenters. The number of halogens is 1. The molecule has 5 heteroatoms. The van der Waals surface area contributed by atoms with Gasteiger partial charge in [-0.1, -0.05) is 29.8 Å². The fourth-order valence-corrected chi connectivity index (χ4v) is 1.88. The molecule has 4 nitrogen and oxygen atoms in total. The van der Waals surface area contributed by atoms with Gasteiger partial charge in [-0.3, -0.25) is 0 Å². The third-order valence-corrected chi connectivity index (χ3v) is 2.93. The van der Waals surface area contributed by atoms with Gasteiger partial charge in [0.1, 0.15) is 10.8 Å². The molecule has 0 fully saturated rings. The Labute approximate surface area is 115 Å². The van der Waals surface area contributed by atoms with Gasteiger partial charge in [-0.25, -0.2) is 9.78 Å². The number of carboxylic acid groups (broad SMARTS) is 1. The van der Waals surface area contributed by atoms with Gasteiger partial charge in [0.15, 0.2) is 0 Å². The van der Waals surface area contributed by atoms with Crippen LogP contribution in [0.4, 0.5) is 0 Å². The first kappa shape index (κ1) is 13.4. The number of aromatic nitrogens is 1. The molecule has 0 spiro atoms. The van der Waals surface area contributed by atoms with Gasteiger partial charge >= 0.3 is 5.97 Å². The topological polar surface area (TPSA) is 59.4 Å². The standard InChI is InChI=1S/C14H12ClNO3/c1-8-4-3-5-9(2)12(8)19-13-11(15)6-10(7-16-13)14(17)18/h3-7H,1-2H3,(H,17,18). The summed E-state index contributed by atoms with van der Waals surface area (Å²) in [6.07, 6.45) is 1.22. The Balaban J connectivity index is 2.36. The number of para-hydroxylation sites is 1. The molecule has 0 unspecified atom stereocenters. The zero-order valence-corrected chi connectivity index (χ0v) is 11.2. The van der Waals surface area contributed by atoms with Crippen molar-refractivity contribution >= 4 is 17.6 Å². The lowest BCUT2D eigenvalue weighted by molar-refractivity contribution is 0.0696. The number of hydrogen-bond donors (Lipinski definition) is 1. The van der Waals surface area contributed by atoms with Crippen LogP contribution in [0.3, 0.4) is 0 Å². The first-order chi connectivity index (χ1) is 8.99. The predicted molar refractivity (Wildman–Crippen MR) is 72.2 cm³/mol. The SMILES string of the molecule is Cc1cccc(C)c1Oc1ncc(C(=O)O)cc1Cl. The highest BCUT2D eigenvalue weighted by atomic mass is 35.5. The molecular formula is C14H12ClNO3. The monoisotopic (exact) mass is 277 g/mol. The summed E-state index contributed by atoms with van der Waals surface area (Å²) in [6, 6.07) is 7.09. The third-order valence-electron chi connectivity index (χ3n) is 2.66. The maximum atomic E-state index is 10.8. The summed E-state index contributed by atoms with van der Waals surface area (Å²) in [5.41, 5.74) is 1.94. The van der Waals surface area contributed by atoms with Crippen molar-refractivity contribution in [3.8, 4) is 11.6 Å². The van der Waals surface area contributed by atoms with Gasteiger partial charge < -0.3 is 9.84 Å². The average Bonchev–Trinajstić information content (AvgIpc) is 2.35. The van der Waals surface area contributed by atoms with Crippen LogP contribution in [0.25, 0.3) is 0 Å². The Morgan fingerprint density at radius 3 is 2.47 bits per heavy atom. The van der Waals surface area contributed by atoms with Gasteiger partial charge in [0.05, 0.1) is 5.56 Å². The predicted octanol–water partition coefficient (Wildman–Crippen LogP) is 3.84. The van der Waals surface area contributed by atoms with Gasteiger partial charge in [-0.2, -0.15) is 0 Å². The van der Waals surface area contributed by atoms with E-state index in [0.29, 0.717) is 5.75 Å². The van der Waals surface area contributed by atoms with Crippen LogP contribution in [-0.4, -0.2) is 16.1 Å². The minimum atomic E-state index is -1.08. The van der Waals surface area contributed by atoms with Crippen LogP contribution in [0.2, 0.25) is 5.02 Å². The Hall–Kier alpha value is -2.07. The highest BCUT2D eigenvalue weighted by molar-refractivity contribution is 6.32. The molecule has 0 aliphatic carbocycles. The summed E-state index contributed by atoms with van der Waals surface area (Å²) in [6.45, 7) is 3.84. The van der Waals surface area contributed by atoms with E-state index in [1.165, 1.54) is 12.3 Å². The van der Waals surface area contributed by atoms with Crippen LogP contribution in [0, 0.1) is 13.8 Å². The summed E-state index contributed by atoms with van der Waals surface area (Å²) in [4.78, 5) is 14.7. The lowest BCUT2D eigenvalue weighted by Crippen LogP contribution is -1.99. The van der Waals surface area contributed by atoms with E-state index >= 15 is 0 Å². The second-order valence-corrected chi connectivity index (χ2v) is 4.55. The Kier molecular flexibility index (Phi) is 3.71. The van der Waals surface area contributed by atoms with Crippen molar-refractivity contribution in [2.24, 2.45) is 0 Å². The summed E-state index contributed by atoms with van der Waals surface area (Å²) < 4.78 is 5.67. The molecule has 0 aliphatic rings. The number of carbonyl (C=O) groups is 1.